The molecule has 0 saturated heterocycles. The van der Waals surface area contributed by atoms with Crippen LogP contribution in [0.3, 0.4) is 0 Å². The molecule has 78 valence electrons. The maximum absolute atomic E-state index is 5.52. The molecule has 0 radical (unpaired) electrons. The summed E-state index contributed by atoms with van der Waals surface area (Å²) >= 11 is 4.89. The summed E-state index contributed by atoms with van der Waals surface area (Å²) in [5.74, 6) is 0. The second-order valence-corrected chi connectivity index (χ2v) is 3.64. The molecule has 1 atom stereocenters. The van der Waals surface area contributed by atoms with Crippen molar-refractivity contribution in [2.24, 2.45) is 5.73 Å². The minimum atomic E-state index is 0.153. The van der Waals surface area contributed by atoms with Crippen molar-refractivity contribution in [1.82, 2.24) is 4.90 Å². The standard InChI is InChI=1S/C9H20N2OS/c1-4-6-12-7-5-11(3)8(2)9(10)13/h8H,4-7H2,1-3H3,(H2,10,13). The van der Waals surface area contributed by atoms with Gasteiger partial charge in [-0.2, -0.15) is 0 Å². The lowest BCUT2D eigenvalue weighted by atomic mass is 10.3. The van der Waals surface area contributed by atoms with E-state index < -0.39 is 0 Å². The van der Waals surface area contributed by atoms with Crippen LogP contribution < -0.4 is 5.73 Å². The summed E-state index contributed by atoms with van der Waals surface area (Å²) in [6.07, 6.45) is 1.06. The van der Waals surface area contributed by atoms with E-state index in [1.807, 2.05) is 14.0 Å². The third kappa shape index (κ3) is 5.96. The van der Waals surface area contributed by atoms with Gasteiger partial charge in [0.15, 0.2) is 0 Å². The number of likely N-dealkylation sites (N-methyl/N-ethyl adjacent to an activating group) is 1. The zero-order valence-corrected chi connectivity index (χ0v) is 9.56. The third-order valence-electron chi connectivity index (χ3n) is 2.01. The monoisotopic (exact) mass is 204 g/mol. The van der Waals surface area contributed by atoms with Crippen molar-refractivity contribution in [3.05, 3.63) is 0 Å². The van der Waals surface area contributed by atoms with Crippen molar-refractivity contribution in [3.63, 3.8) is 0 Å². The van der Waals surface area contributed by atoms with Crippen molar-refractivity contribution < 1.29 is 4.74 Å². The quantitative estimate of drug-likeness (QED) is 0.496. The average molecular weight is 204 g/mol. The molecule has 0 aliphatic heterocycles. The summed E-state index contributed by atoms with van der Waals surface area (Å²) in [5, 5.41) is 0. The van der Waals surface area contributed by atoms with E-state index in [1.165, 1.54) is 0 Å². The first-order valence-corrected chi connectivity index (χ1v) is 5.07. The number of ether oxygens (including phenoxy) is 1. The number of rotatable bonds is 7. The van der Waals surface area contributed by atoms with Crippen molar-refractivity contribution in [2.45, 2.75) is 26.3 Å². The minimum absolute atomic E-state index is 0.153. The average Bonchev–Trinajstić information content (AvgIpc) is 2.10. The molecule has 0 rings (SSSR count). The van der Waals surface area contributed by atoms with Crippen LogP contribution in [0.25, 0.3) is 0 Å². The molecule has 13 heavy (non-hydrogen) atoms. The van der Waals surface area contributed by atoms with E-state index in [-0.39, 0.29) is 6.04 Å². The normalized spacial score (nSPS) is 13.2. The highest BCUT2D eigenvalue weighted by Gasteiger charge is 2.10. The van der Waals surface area contributed by atoms with Gasteiger partial charge in [-0.25, -0.2) is 0 Å². The molecule has 0 aliphatic carbocycles. The van der Waals surface area contributed by atoms with E-state index in [0.717, 1.165) is 26.2 Å². The molecule has 0 amide bonds. The lowest BCUT2D eigenvalue weighted by molar-refractivity contribution is 0.109. The van der Waals surface area contributed by atoms with E-state index in [9.17, 15) is 0 Å². The van der Waals surface area contributed by atoms with Crippen LogP contribution in [0.1, 0.15) is 20.3 Å². The summed E-state index contributed by atoms with van der Waals surface area (Å²) in [4.78, 5) is 2.64. The molecular formula is C9H20N2OS. The maximum atomic E-state index is 5.52. The van der Waals surface area contributed by atoms with Crippen LogP contribution >= 0.6 is 12.2 Å². The van der Waals surface area contributed by atoms with Gasteiger partial charge in [0.2, 0.25) is 0 Å². The van der Waals surface area contributed by atoms with Crippen molar-refractivity contribution in [2.75, 3.05) is 26.8 Å². The Bertz CT molecular complexity index is 153. The number of hydrogen-bond acceptors (Lipinski definition) is 3. The van der Waals surface area contributed by atoms with Gasteiger partial charge in [-0.15, -0.1) is 0 Å². The van der Waals surface area contributed by atoms with Crippen molar-refractivity contribution in [3.8, 4) is 0 Å². The van der Waals surface area contributed by atoms with Crippen LogP contribution in [0.15, 0.2) is 0 Å². The van der Waals surface area contributed by atoms with Crippen LogP contribution in [0.2, 0.25) is 0 Å². The van der Waals surface area contributed by atoms with Gasteiger partial charge in [-0.05, 0) is 20.4 Å². The predicted molar refractivity (Wildman–Crippen MR) is 60.0 cm³/mol. The second kappa shape index (κ2) is 7.24. The Morgan fingerprint density at radius 2 is 2.15 bits per heavy atom. The highest BCUT2D eigenvalue weighted by atomic mass is 32.1. The van der Waals surface area contributed by atoms with Gasteiger partial charge in [0.1, 0.15) is 0 Å². The first kappa shape index (κ1) is 12.8. The molecule has 2 N–H and O–H groups in total. The van der Waals surface area contributed by atoms with E-state index in [4.69, 9.17) is 22.7 Å². The van der Waals surface area contributed by atoms with Gasteiger partial charge >= 0.3 is 0 Å². The molecule has 0 spiro atoms. The highest BCUT2D eigenvalue weighted by molar-refractivity contribution is 7.80. The Balaban J connectivity index is 3.50. The third-order valence-corrected chi connectivity index (χ3v) is 2.35. The first-order valence-electron chi connectivity index (χ1n) is 4.66. The van der Waals surface area contributed by atoms with Gasteiger partial charge < -0.3 is 10.5 Å². The molecule has 0 bridgehead atoms. The lowest BCUT2D eigenvalue weighted by Gasteiger charge is -2.23. The first-order chi connectivity index (χ1) is 6.09. The summed E-state index contributed by atoms with van der Waals surface area (Å²) in [6, 6.07) is 0.153. The molecule has 0 aliphatic rings. The van der Waals surface area contributed by atoms with Crippen LogP contribution in [-0.4, -0.2) is 42.7 Å². The van der Waals surface area contributed by atoms with Crippen LogP contribution in [0.4, 0.5) is 0 Å². The zero-order valence-electron chi connectivity index (χ0n) is 8.75. The van der Waals surface area contributed by atoms with Crippen LogP contribution in [0, 0.1) is 0 Å². The van der Waals surface area contributed by atoms with E-state index in [1.54, 1.807) is 0 Å². The number of nitrogens with zero attached hydrogens (tertiary/aromatic N) is 1. The van der Waals surface area contributed by atoms with E-state index >= 15 is 0 Å². The summed E-state index contributed by atoms with van der Waals surface area (Å²) in [5.41, 5.74) is 5.52. The predicted octanol–water partition coefficient (Wildman–Crippen LogP) is 1.02. The fourth-order valence-electron chi connectivity index (χ4n) is 0.866. The van der Waals surface area contributed by atoms with Gasteiger partial charge in [-0.1, -0.05) is 19.1 Å². The molecule has 0 aromatic rings. The highest BCUT2D eigenvalue weighted by Crippen LogP contribution is 1.95. The maximum Gasteiger partial charge on any atom is 0.0899 e. The largest absolute Gasteiger partial charge is 0.392 e. The molecular weight excluding hydrogens is 184 g/mol. The summed E-state index contributed by atoms with van der Waals surface area (Å²) in [7, 11) is 2.00. The van der Waals surface area contributed by atoms with Crippen molar-refractivity contribution in [1.29, 1.82) is 0 Å². The number of nitrogens with two attached hydrogens (primary N) is 1. The van der Waals surface area contributed by atoms with E-state index in [2.05, 4.69) is 11.8 Å². The Labute approximate surface area is 86.2 Å². The molecule has 1 unspecified atom stereocenters. The molecule has 4 heteroatoms. The van der Waals surface area contributed by atoms with Gasteiger partial charge in [0, 0.05) is 13.2 Å². The fourth-order valence-corrected chi connectivity index (χ4v) is 1.05. The van der Waals surface area contributed by atoms with Gasteiger partial charge in [0.05, 0.1) is 17.6 Å². The topological polar surface area (TPSA) is 38.5 Å². The molecule has 0 aromatic carbocycles. The summed E-state index contributed by atoms with van der Waals surface area (Å²) in [6.45, 7) is 6.55. The Morgan fingerprint density at radius 1 is 1.54 bits per heavy atom. The van der Waals surface area contributed by atoms with Gasteiger partial charge in [-0.3, -0.25) is 4.90 Å². The molecule has 0 heterocycles. The van der Waals surface area contributed by atoms with Crippen LogP contribution in [-0.2, 0) is 4.74 Å². The summed E-state index contributed by atoms with van der Waals surface area (Å²) < 4.78 is 5.36. The number of thiocarbonyl (C=S) groups is 1. The fraction of sp³-hybridized carbons (Fsp3) is 0.889. The van der Waals surface area contributed by atoms with Crippen LogP contribution in [0.5, 0.6) is 0 Å². The minimum Gasteiger partial charge on any atom is -0.392 e. The molecule has 0 aromatic heterocycles. The second-order valence-electron chi connectivity index (χ2n) is 3.17. The smallest absolute Gasteiger partial charge is 0.0899 e. The zero-order chi connectivity index (χ0) is 10.3. The van der Waals surface area contributed by atoms with Crippen molar-refractivity contribution >= 4 is 17.2 Å². The molecule has 0 fully saturated rings. The van der Waals surface area contributed by atoms with E-state index in [0.29, 0.717) is 4.99 Å². The Kier molecular flexibility index (Phi) is 7.13. The Morgan fingerprint density at radius 3 is 2.62 bits per heavy atom. The molecule has 0 saturated carbocycles. The Hall–Kier alpha value is -0.190. The van der Waals surface area contributed by atoms with Gasteiger partial charge in [0.25, 0.3) is 0 Å². The number of hydrogen-bond donors (Lipinski definition) is 1. The molecule has 3 nitrogen and oxygen atoms in total. The lowest BCUT2D eigenvalue weighted by Crippen LogP contribution is -2.40. The SMILES string of the molecule is CCCOCCN(C)C(C)C(N)=S.